The zero-order valence-electron chi connectivity index (χ0n) is 15.4. The number of imidazole rings is 1. The first-order valence-electron chi connectivity index (χ1n) is 9.13. The molecule has 1 saturated heterocycles. The van der Waals surface area contributed by atoms with Crippen LogP contribution in [0.5, 0.6) is 0 Å². The van der Waals surface area contributed by atoms with Crippen molar-refractivity contribution in [1.29, 1.82) is 0 Å². The summed E-state index contributed by atoms with van der Waals surface area (Å²) in [6, 6.07) is 10.2. The van der Waals surface area contributed by atoms with Gasteiger partial charge in [-0.1, -0.05) is 37.3 Å². The van der Waals surface area contributed by atoms with E-state index in [0.29, 0.717) is 6.04 Å². The number of aryl methyl sites for hydroxylation is 1. The smallest absolute Gasteiger partial charge is 0.244 e. The SMILES string of the molecule is CCc1nccn1[C@H]1CCCN(C(=O)[C@H](c2ccccc2)N(C)C)C1. The van der Waals surface area contributed by atoms with Crippen molar-refractivity contribution >= 4 is 5.91 Å². The van der Waals surface area contributed by atoms with Gasteiger partial charge in [0.2, 0.25) is 5.91 Å². The first-order valence-corrected chi connectivity index (χ1v) is 9.13. The van der Waals surface area contributed by atoms with Gasteiger partial charge in [-0.15, -0.1) is 0 Å². The summed E-state index contributed by atoms with van der Waals surface area (Å²) in [6.07, 6.45) is 6.98. The normalized spacial score (nSPS) is 19.2. The Morgan fingerprint density at radius 2 is 2.08 bits per heavy atom. The van der Waals surface area contributed by atoms with Gasteiger partial charge in [0.15, 0.2) is 0 Å². The van der Waals surface area contributed by atoms with E-state index in [1.807, 2.05) is 60.4 Å². The predicted octanol–water partition coefficient (Wildman–Crippen LogP) is 2.91. The van der Waals surface area contributed by atoms with Gasteiger partial charge in [0.25, 0.3) is 0 Å². The van der Waals surface area contributed by atoms with Crippen LogP contribution in [0.2, 0.25) is 0 Å². The molecule has 2 atom stereocenters. The van der Waals surface area contributed by atoms with Gasteiger partial charge in [0.1, 0.15) is 11.9 Å². The number of hydrogen-bond donors (Lipinski definition) is 0. The molecule has 0 spiro atoms. The van der Waals surface area contributed by atoms with Gasteiger partial charge in [-0.05, 0) is 32.5 Å². The van der Waals surface area contributed by atoms with E-state index in [9.17, 15) is 4.79 Å². The fourth-order valence-corrected chi connectivity index (χ4v) is 3.80. The van der Waals surface area contributed by atoms with Crippen molar-refractivity contribution in [3.8, 4) is 0 Å². The number of piperidine rings is 1. The summed E-state index contributed by atoms with van der Waals surface area (Å²) >= 11 is 0. The Balaban J connectivity index is 1.79. The minimum Gasteiger partial charge on any atom is -0.339 e. The zero-order valence-corrected chi connectivity index (χ0v) is 15.4. The highest BCUT2D eigenvalue weighted by atomic mass is 16.2. The Bertz CT molecular complexity index is 695. The van der Waals surface area contributed by atoms with E-state index in [2.05, 4.69) is 22.7 Å². The van der Waals surface area contributed by atoms with Gasteiger partial charge in [-0.3, -0.25) is 9.69 Å². The summed E-state index contributed by atoms with van der Waals surface area (Å²) in [5, 5.41) is 0. The number of benzene rings is 1. The third kappa shape index (κ3) is 3.76. The Labute approximate surface area is 150 Å². The van der Waals surface area contributed by atoms with Crippen molar-refractivity contribution in [2.24, 2.45) is 0 Å². The van der Waals surface area contributed by atoms with Crippen LogP contribution in [-0.4, -0.2) is 52.4 Å². The van der Waals surface area contributed by atoms with Crippen molar-refractivity contribution < 1.29 is 4.79 Å². The molecule has 134 valence electrons. The van der Waals surface area contributed by atoms with Crippen LogP contribution in [0.1, 0.15) is 43.2 Å². The Kier molecular flexibility index (Phi) is 5.53. The number of amides is 1. The van der Waals surface area contributed by atoms with Crippen molar-refractivity contribution in [1.82, 2.24) is 19.4 Å². The lowest BCUT2D eigenvalue weighted by Gasteiger charge is -2.37. The summed E-state index contributed by atoms with van der Waals surface area (Å²) in [5.74, 6) is 1.30. The molecule has 1 aromatic heterocycles. The molecule has 3 rings (SSSR count). The van der Waals surface area contributed by atoms with Crippen molar-refractivity contribution in [2.75, 3.05) is 27.2 Å². The molecule has 5 nitrogen and oxygen atoms in total. The van der Waals surface area contributed by atoms with Crippen LogP contribution in [0.15, 0.2) is 42.7 Å². The maximum absolute atomic E-state index is 13.3. The molecular formula is C20H28N4O. The number of rotatable bonds is 5. The molecule has 2 aromatic rings. The van der Waals surface area contributed by atoms with Gasteiger partial charge in [-0.25, -0.2) is 4.98 Å². The number of aromatic nitrogens is 2. The molecular weight excluding hydrogens is 312 g/mol. The van der Waals surface area contributed by atoms with Crippen molar-refractivity contribution in [2.45, 2.75) is 38.3 Å². The average Bonchev–Trinajstić information content (AvgIpc) is 3.11. The second-order valence-electron chi connectivity index (χ2n) is 6.96. The van der Waals surface area contributed by atoms with Crippen LogP contribution < -0.4 is 0 Å². The number of carbonyl (C=O) groups excluding carboxylic acids is 1. The zero-order chi connectivity index (χ0) is 17.8. The number of likely N-dealkylation sites (tertiary alicyclic amines) is 1. The summed E-state index contributed by atoms with van der Waals surface area (Å²) < 4.78 is 2.26. The van der Waals surface area contributed by atoms with Crippen molar-refractivity contribution in [3.05, 3.63) is 54.1 Å². The Hall–Kier alpha value is -2.14. The molecule has 0 saturated carbocycles. The van der Waals surface area contributed by atoms with Crippen LogP contribution >= 0.6 is 0 Å². The van der Waals surface area contributed by atoms with Gasteiger partial charge in [0, 0.05) is 31.9 Å². The standard InChI is InChI=1S/C20H28N4O/c1-4-18-21-12-14-24(18)17-11-8-13-23(15-17)20(25)19(22(2)3)16-9-6-5-7-10-16/h5-7,9-10,12,14,17,19H,4,8,11,13,15H2,1-3H3/t17-,19-/m0/s1. The molecule has 5 heteroatoms. The predicted molar refractivity (Wildman–Crippen MR) is 99.3 cm³/mol. The van der Waals surface area contributed by atoms with E-state index in [-0.39, 0.29) is 11.9 Å². The summed E-state index contributed by atoms with van der Waals surface area (Å²) in [5.41, 5.74) is 1.05. The fourth-order valence-electron chi connectivity index (χ4n) is 3.80. The molecule has 1 amide bonds. The maximum atomic E-state index is 13.3. The molecule has 1 fully saturated rings. The first-order chi connectivity index (χ1) is 12.1. The lowest BCUT2D eigenvalue weighted by atomic mass is 10.0. The summed E-state index contributed by atoms with van der Waals surface area (Å²) in [4.78, 5) is 21.8. The Morgan fingerprint density at radius 3 is 2.76 bits per heavy atom. The van der Waals surface area contributed by atoms with E-state index in [4.69, 9.17) is 0 Å². The molecule has 0 aliphatic carbocycles. The van der Waals surface area contributed by atoms with E-state index >= 15 is 0 Å². The average molecular weight is 340 g/mol. The van der Waals surface area contributed by atoms with Crippen LogP contribution in [0.3, 0.4) is 0 Å². The number of hydrogen-bond acceptors (Lipinski definition) is 3. The molecule has 25 heavy (non-hydrogen) atoms. The number of carbonyl (C=O) groups is 1. The third-order valence-corrected chi connectivity index (χ3v) is 5.03. The van der Waals surface area contributed by atoms with E-state index in [1.165, 1.54) is 0 Å². The van der Waals surface area contributed by atoms with Gasteiger partial charge in [-0.2, -0.15) is 0 Å². The first kappa shape index (κ1) is 17.7. The molecule has 1 aliphatic heterocycles. The maximum Gasteiger partial charge on any atom is 0.244 e. The molecule has 2 heterocycles. The minimum atomic E-state index is -0.228. The van der Waals surface area contributed by atoms with Crippen molar-refractivity contribution in [3.63, 3.8) is 0 Å². The van der Waals surface area contributed by atoms with Crippen LogP contribution in [0, 0.1) is 0 Å². The quantitative estimate of drug-likeness (QED) is 0.840. The highest BCUT2D eigenvalue weighted by molar-refractivity contribution is 5.83. The minimum absolute atomic E-state index is 0.194. The number of nitrogens with zero attached hydrogens (tertiary/aromatic N) is 4. The highest BCUT2D eigenvalue weighted by Gasteiger charge is 2.32. The summed E-state index contributed by atoms with van der Waals surface area (Å²) in [6.45, 7) is 3.73. The van der Waals surface area contributed by atoms with Gasteiger partial charge in [0.05, 0.1) is 6.04 Å². The van der Waals surface area contributed by atoms with Crippen LogP contribution in [-0.2, 0) is 11.2 Å². The van der Waals surface area contributed by atoms with E-state index in [1.54, 1.807) is 0 Å². The van der Waals surface area contributed by atoms with Gasteiger partial charge < -0.3 is 9.47 Å². The summed E-state index contributed by atoms with van der Waals surface area (Å²) in [7, 11) is 3.95. The fraction of sp³-hybridized carbons (Fsp3) is 0.500. The highest BCUT2D eigenvalue weighted by Crippen LogP contribution is 2.27. The molecule has 0 unspecified atom stereocenters. The topological polar surface area (TPSA) is 41.4 Å². The van der Waals surface area contributed by atoms with Gasteiger partial charge >= 0.3 is 0 Å². The lowest BCUT2D eigenvalue weighted by Crippen LogP contribution is -2.46. The second-order valence-corrected chi connectivity index (χ2v) is 6.96. The van der Waals surface area contributed by atoms with E-state index < -0.39 is 0 Å². The number of likely N-dealkylation sites (N-methyl/N-ethyl adjacent to an activating group) is 1. The molecule has 1 aliphatic rings. The monoisotopic (exact) mass is 340 g/mol. The third-order valence-electron chi connectivity index (χ3n) is 5.03. The van der Waals surface area contributed by atoms with Crippen LogP contribution in [0.4, 0.5) is 0 Å². The Morgan fingerprint density at radius 1 is 1.32 bits per heavy atom. The molecule has 0 bridgehead atoms. The second kappa shape index (κ2) is 7.83. The largest absolute Gasteiger partial charge is 0.339 e. The molecule has 0 radical (unpaired) electrons. The molecule has 0 N–H and O–H groups in total. The lowest BCUT2D eigenvalue weighted by molar-refractivity contribution is -0.138. The molecule has 1 aromatic carbocycles. The van der Waals surface area contributed by atoms with E-state index in [0.717, 1.165) is 43.7 Å². The van der Waals surface area contributed by atoms with Crippen LogP contribution in [0.25, 0.3) is 0 Å².